The Morgan fingerprint density at radius 3 is 2.09 bits per heavy atom. The van der Waals surface area contributed by atoms with E-state index in [-0.39, 0.29) is 6.54 Å². The molecule has 1 aromatic carbocycles. The van der Waals surface area contributed by atoms with Gasteiger partial charge in [-0.2, -0.15) is 0 Å². The first-order valence-corrected chi connectivity index (χ1v) is 12.4. The number of hydrogen-bond acceptors (Lipinski definition) is 7. The minimum absolute atomic E-state index is 0.000153. The maximum atomic E-state index is 13.0. The van der Waals surface area contributed by atoms with Gasteiger partial charge in [0.05, 0.1) is 12.2 Å². The van der Waals surface area contributed by atoms with Gasteiger partial charge in [-0.15, -0.1) is 0 Å². The number of amidine groups is 1. The van der Waals surface area contributed by atoms with Crippen molar-refractivity contribution in [1.82, 2.24) is 4.90 Å². The minimum Gasteiger partial charge on any atom is -0.443 e. The summed E-state index contributed by atoms with van der Waals surface area (Å²) in [5, 5.41) is 0.466. The van der Waals surface area contributed by atoms with Gasteiger partial charge < -0.3 is 20.1 Å². The van der Waals surface area contributed by atoms with Crippen molar-refractivity contribution in [2.75, 3.05) is 23.7 Å². The van der Waals surface area contributed by atoms with Crippen molar-refractivity contribution in [3.8, 4) is 0 Å². The molecule has 0 aromatic heterocycles. The third kappa shape index (κ3) is 8.79. The van der Waals surface area contributed by atoms with Crippen LogP contribution in [-0.4, -0.2) is 52.3 Å². The highest BCUT2D eigenvalue weighted by Gasteiger charge is 2.32. The average Bonchev–Trinajstić information content (AvgIpc) is 3.18. The normalized spacial score (nSPS) is 14.9. The largest absolute Gasteiger partial charge is 0.443 e. The molecule has 0 spiro atoms. The van der Waals surface area contributed by atoms with Gasteiger partial charge in [-0.1, -0.05) is 18.7 Å². The first-order valence-electron chi connectivity index (χ1n) is 11.4. The molecular formula is C24H38N4O4S. The lowest BCUT2D eigenvalue weighted by Gasteiger charge is -2.30. The first kappa shape index (κ1) is 26.8. The lowest BCUT2D eigenvalue weighted by atomic mass is 10.1. The maximum Gasteiger partial charge on any atom is 0.420 e. The molecule has 184 valence electrons. The number of imide groups is 1. The van der Waals surface area contributed by atoms with Crippen LogP contribution in [0.15, 0.2) is 23.2 Å². The van der Waals surface area contributed by atoms with Crippen LogP contribution in [0.5, 0.6) is 0 Å². The number of anilines is 1. The van der Waals surface area contributed by atoms with Crippen LogP contribution >= 0.6 is 11.8 Å². The van der Waals surface area contributed by atoms with Crippen molar-refractivity contribution in [3.63, 3.8) is 0 Å². The molecule has 0 atom stereocenters. The summed E-state index contributed by atoms with van der Waals surface area (Å²) in [6.45, 7) is 14.4. The fraction of sp³-hybridized carbons (Fsp3) is 0.625. The van der Waals surface area contributed by atoms with Gasteiger partial charge in [0.1, 0.15) is 11.2 Å². The van der Waals surface area contributed by atoms with E-state index in [1.54, 1.807) is 41.5 Å². The Hall–Kier alpha value is -2.42. The average molecular weight is 479 g/mol. The van der Waals surface area contributed by atoms with Crippen LogP contribution in [0.1, 0.15) is 66.9 Å². The van der Waals surface area contributed by atoms with Gasteiger partial charge >= 0.3 is 12.2 Å². The highest BCUT2D eigenvalue weighted by molar-refractivity contribution is 8.13. The highest BCUT2D eigenvalue weighted by Crippen LogP contribution is 2.31. The van der Waals surface area contributed by atoms with E-state index in [0.717, 1.165) is 47.8 Å². The SMILES string of the molecule is CCSC(N)=Nc1ccc(N2CCCC2)c(CN(C(=O)OC(C)(C)C)C(=O)OC(C)(C)C)c1. The molecular weight excluding hydrogens is 440 g/mol. The molecule has 1 aliphatic rings. The summed E-state index contributed by atoms with van der Waals surface area (Å²) < 4.78 is 11.0. The molecule has 9 heteroatoms. The van der Waals surface area contributed by atoms with E-state index in [1.165, 1.54) is 11.8 Å². The zero-order chi connectivity index (χ0) is 24.8. The van der Waals surface area contributed by atoms with Crippen LogP contribution in [-0.2, 0) is 16.0 Å². The summed E-state index contributed by atoms with van der Waals surface area (Å²) in [5.74, 6) is 0.819. The van der Waals surface area contributed by atoms with Crippen LogP contribution < -0.4 is 10.6 Å². The zero-order valence-corrected chi connectivity index (χ0v) is 21.8. The Morgan fingerprint density at radius 2 is 1.61 bits per heavy atom. The molecule has 1 fully saturated rings. The van der Waals surface area contributed by atoms with Crippen molar-refractivity contribution >= 4 is 40.5 Å². The smallest absolute Gasteiger partial charge is 0.420 e. The fourth-order valence-corrected chi connectivity index (χ4v) is 3.82. The highest BCUT2D eigenvalue weighted by atomic mass is 32.2. The van der Waals surface area contributed by atoms with Crippen molar-refractivity contribution in [2.45, 2.75) is 79.1 Å². The second-order valence-electron chi connectivity index (χ2n) is 9.94. The Morgan fingerprint density at radius 1 is 1.06 bits per heavy atom. The molecule has 1 aromatic rings. The number of benzene rings is 1. The van der Waals surface area contributed by atoms with Gasteiger partial charge in [-0.05, 0) is 83.9 Å². The van der Waals surface area contributed by atoms with Crippen LogP contribution in [0.4, 0.5) is 21.0 Å². The Balaban J connectivity index is 2.46. The van der Waals surface area contributed by atoms with E-state index in [2.05, 4.69) is 9.89 Å². The number of amides is 2. The van der Waals surface area contributed by atoms with Crippen LogP contribution in [0.25, 0.3) is 0 Å². The van der Waals surface area contributed by atoms with E-state index < -0.39 is 23.4 Å². The molecule has 1 aliphatic heterocycles. The quantitative estimate of drug-likeness (QED) is 0.431. The number of ether oxygens (including phenoxy) is 2. The number of thioether (sulfide) groups is 1. The molecule has 1 saturated heterocycles. The van der Waals surface area contributed by atoms with Gasteiger partial charge in [0.15, 0.2) is 5.17 Å². The molecule has 0 radical (unpaired) electrons. The summed E-state index contributed by atoms with van der Waals surface area (Å²) in [4.78, 5) is 33.8. The number of nitrogens with zero attached hydrogens (tertiary/aromatic N) is 3. The third-order valence-corrected chi connectivity index (χ3v) is 5.27. The summed E-state index contributed by atoms with van der Waals surface area (Å²) in [6, 6.07) is 5.76. The van der Waals surface area contributed by atoms with Crippen LogP contribution in [0.3, 0.4) is 0 Å². The molecule has 2 N–H and O–H groups in total. The number of carbonyl (C=O) groups excluding carboxylic acids is 2. The molecule has 0 bridgehead atoms. The van der Waals surface area contributed by atoms with Gasteiger partial charge in [0.2, 0.25) is 0 Å². The third-order valence-electron chi connectivity index (χ3n) is 4.60. The molecule has 8 nitrogen and oxygen atoms in total. The van der Waals surface area contributed by atoms with Crippen molar-refractivity contribution in [3.05, 3.63) is 23.8 Å². The summed E-state index contributed by atoms with van der Waals surface area (Å²) in [6.07, 6.45) is 0.695. The number of nitrogens with two attached hydrogens (primary N) is 1. The number of carbonyl (C=O) groups is 2. The van der Waals surface area contributed by atoms with Crippen LogP contribution in [0, 0.1) is 0 Å². The molecule has 1 heterocycles. The standard InChI is InChI=1S/C24H38N4O4S/c1-8-33-20(25)26-18-11-12-19(27-13-9-10-14-27)17(15-18)16-28(21(29)31-23(2,3)4)22(30)32-24(5,6)7/h11-12,15H,8-10,13-14,16H2,1-7H3,(H2,25,26). The van der Waals surface area contributed by atoms with Gasteiger partial charge in [0.25, 0.3) is 0 Å². The van der Waals surface area contributed by atoms with Crippen molar-refractivity contribution in [1.29, 1.82) is 0 Å². The lowest BCUT2D eigenvalue weighted by molar-refractivity contribution is -0.000218. The van der Waals surface area contributed by atoms with Gasteiger partial charge in [-0.25, -0.2) is 19.5 Å². The molecule has 0 aliphatic carbocycles. The Labute approximate surface area is 201 Å². The second kappa shape index (κ2) is 11.1. The zero-order valence-electron chi connectivity index (χ0n) is 20.9. The van der Waals surface area contributed by atoms with E-state index in [0.29, 0.717) is 10.9 Å². The predicted octanol–water partition coefficient (Wildman–Crippen LogP) is 5.66. The van der Waals surface area contributed by atoms with Gasteiger partial charge in [-0.3, -0.25) is 0 Å². The summed E-state index contributed by atoms with van der Waals surface area (Å²) >= 11 is 1.46. The van der Waals surface area contributed by atoms with E-state index >= 15 is 0 Å². The maximum absolute atomic E-state index is 13.0. The van der Waals surface area contributed by atoms with Gasteiger partial charge in [0, 0.05) is 18.8 Å². The minimum atomic E-state index is -0.757. The van der Waals surface area contributed by atoms with Crippen LogP contribution in [0.2, 0.25) is 0 Å². The number of aliphatic imine (C=N–C) groups is 1. The Bertz CT molecular complexity index is 840. The monoisotopic (exact) mass is 478 g/mol. The van der Waals surface area contributed by atoms with Crippen molar-refractivity contribution in [2.24, 2.45) is 10.7 Å². The molecule has 2 rings (SSSR count). The van der Waals surface area contributed by atoms with E-state index in [1.807, 2.05) is 25.1 Å². The topological polar surface area (TPSA) is 97.5 Å². The fourth-order valence-electron chi connectivity index (χ4n) is 3.35. The van der Waals surface area contributed by atoms with E-state index in [9.17, 15) is 9.59 Å². The summed E-state index contributed by atoms with van der Waals surface area (Å²) in [5.41, 5.74) is 6.90. The first-order chi connectivity index (χ1) is 15.3. The molecule has 0 unspecified atom stereocenters. The second-order valence-corrected chi connectivity index (χ2v) is 11.2. The lowest BCUT2D eigenvalue weighted by Crippen LogP contribution is -2.43. The van der Waals surface area contributed by atoms with Crippen molar-refractivity contribution < 1.29 is 19.1 Å². The molecule has 2 amide bonds. The summed E-state index contributed by atoms with van der Waals surface area (Å²) in [7, 11) is 0. The molecule has 33 heavy (non-hydrogen) atoms. The number of rotatable bonds is 5. The Kier molecular flexibility index (Phi) is 9.05. The number of hydrogen-bond donors (Lipinski definition) is 1. The predicted molar refractivity (Wildman–Crippen MR) is 135 cm³/mol. The molecule has 0 saturated carbocycles. The van der Waals surface area contributed by atoms with E-state index in [4.69, 9.17) is 15.2 Å².